The number of dihydropyridines is 1. The molecule has 0 amide bonds. The van der Waals surface area contributed by atoms with Gasteiger partial charge in [-0.25, -0.2) is 4.79 Å². The van der Waals surface area contributed by atoms with Crippen molar-refractivity contribution in [2.45, 2.75) is 19.8 Å². The number of nitrogens with one attached hydrogen (secondary N) is 1. The van der Waals surface area contributed by atoms with E-state index in [-0.39, 0.29) is 11.3 Å². The number of thiophene rings is 1. The Balaban J connectivity index is 2.31. The van der Waals surface area contributed by atoms with E-state index in [4.69, 9.17) is 0 Å². The Labute approximate surface area is 135 Å². The molecule has 3 heterocycles. The van der Waals surface area contributed by atoms with E-state index in [0.29, 0.717) is 17.0 Å². The van der Waals surface area contributed by atoms with E-state index in [1.165, 1.54) is 11.3 Å². The van der Waals surface area contributed by atoms with Gasteiger partial charge in [0.2, 0.25) is 0 Å². The van der Waals surface area contributed by atoms with Crippen molar-refractivity contribution in [1.82, 2.24) is 10.3 Å². The van der Waals surface area contributed by atoms with E-state index in [9.17, 15) is 20.0 Å². The number of hydrogen-bond donors (Lipinski definition) is 2. The molecular formula is C15H13N3O4S. The first kappa shape index (κ1) is 15.2. The molecule has 1 aliphatic rings. The van der Waals surface area contributed by atoms with Crippen LogP contribution in [-0.4, -0.2) is 21.0 Å². The van der Waals surface area contributed by atoms with E-state index < -0.39 is 16.8 Å². The topological polar surface area (TPSA) is 105 Å². The summed E-state index contributed by atoms with van der Waals surface area (Å²) in [7, 11) is 0. The molecule has 0 saturated heterocycles. The second kappa shape index (κ2) is 5.47. The van der Waals surface area contributed by atoms with Crippen molar-refractivity contribution in [2.24, 2.45) is 0 Å². The van der Waals surface area contributed by atoms with Crippen LogP contribution in [-0.2, 0) is 4.79 Å². The molecule has 2 aromatic rings. The van der Waals surface area contributed by atoms with Gasteiger partial charge in [-0.3, -0.25) is 15.1 Å². The Bertz CT molecular complexity index is 861. The minimum absolute atomic E-state index is 0.00847. The largest absolute Gasteiger partial charge is 0.478 e. The van der Waals surface area contributed by atoms with Crippen LogP contribution in [0.5, 0.6) is 0 Å². The zero-order valence-corrected chi connectivity index (χ0v) is 13.2. The smallest absolute Gasteiger partial charge is 0.334 e. The maximum atomic E-state index is 11.7. The number of fused-ring (bicyclic) bond motifs is 1. The zero-order valence-electron chi connectivity index (χ0n) is 12.4. The van der Waals surface area contributed by atoms with E-state index in [0.717, 1.165) is 10.1 Å². The summed E-state index contributed by atoms with van der Waals surface area (Å²) in [6, 6.07) is 1.81. The van der Waals surface area contributed by atoms with Gasteiger partial charge in [0.1, 0.15) is 5.92 Å². The highest BCUT2D eigenvalue weighted by atomic mass is 32.1. The number of carboxylic acids is 1. The lowest BCUT2D eigenvalue weighted by Crippen LogP contribution is -2.30. The number of carboxylic acid groups (broad SMARTS) is 1. The molecule has 0 bridgehead atoms. The SMILES string of the molecule is CC1=C(C(=O)O)[C@@H](c2csc3ccncc23)C([N+](=O)[O-])=C(C)N1. The third kappa shape index (κ3) is 2.36. The first-order valence-electron chi connectivity index (χ1n) is 6.79. The molecule has 1 atom stereocenters. The molecule has 0 aromatic carbocycles. The average Bonchev–Trinajstić information content (AvgIpc) is 2.89. The second-order valence-electron chi connectivity index (χ2n) is 5.23. The third-order valence-corrected chi connectivity index (χ3v) is 4.85. The molecule has 0 fully saturated rings. The van der Waals surface area contributed by atoms with E-state index in [1.54, 1.807) is 31.6 Å². The summed E-state index contributed by atoms with van der Waals surface area (Å²) >= 11 is 1.42. The molecule has 3 rings (SSSR count). The highest BCUT2D eigenvalue weighted by molar-refractivity contribution is 7.17. The van der Waals surface area contributed by atoms with Crippen LogP contribution in [0.25, 0.3) is 10.1 Å². The zero-order chi connectivity index (χ0) is 16.7. The van der Waals surface area contributed by atoms with Crippen LogP contribution in [0.15, 0.2) is 46.5 Å². The molecule has 7 nitrogen and oxygen atoms in total. The van der Waals surface area contributed by atoms with Gasteiger partial charge in [-0.1, -0.05) is 0 Å². The van der Waals surface area contributed by atoms with Gasteiger partial charge in [0.05, 0.1) is 16.2 Å². The van der Waals surface area contributed by atoms with E-state index in [2.05, 4.69) is 10.3 Å². The monoisotopic (exact) mass is 331 g/mol. The van der Waals surface area contributed by atoms with Crippen LogP contribution < -0.4 is 5.32 Å². The molecular weight excluding hydrogens is 318 g/mol. The highest BCUT2D eigenvalue weighted by Crippen LogP contribution is 2.42. The van der Waals surface area contributed by atoms with Gasteiger partial charge in [0, 0.05) is 28.2 Å². The van der Waals surface area contributed by atoms with Gasteiger partial charge in [-0.15, -0.1) is 11.3 Å². The van der Waals surface area contributed by atoms with Gasteiger partial charge in [-0.05, 0) is 30.9 Å². The van der Waals surface area contributed by atoms with Gasteiger partial charge < -0.3 is 10.4 Å². The number of aliphatic carboxylic acids is 1. The summed E-state index contributed by atoms with van der Waals surface area (Å²) in [6.07, 6.45) is 3.25. The predicted octanol–water partition coefficient (Wildman–Crippen LogP) is 2.85. The van der Waals surface area contributed by atoms with Gasteiger partial charge in [0.25, 0.3) is 5.70 Å². The number of pyridine rings is 1. The molecule has 118 valence electrons. The van der Waals surface area contributed by atoms with Crippen molar-refractivity contribution in [2.75, 3.05) is 0 Å². The van der Waals surface area contributed by atoms with Crippen LogP contribution in [0.1, 0.15) is 25.3 Å². The number of nitrogens with zero attached hydrogens (tertiary/aromatic N) is 2. The highest BCUT2D eigenvalue weighted by Gasteiger charge is 2.41. The fourth-order valence-corrected chi connectivity index (χ4v) is 3.88. The summed E-state index contributed by atoms with van der Waals surface area (Å²) in [4.78, 5) is 26.8. The second-order valence-corrected chi connectivity index (χ2v) is 6.14. The minimum atomic E-state index is -1.17. The van der Waals surface area contributed by atoms with Gasteiger partial charge in [0.15, 0.2) is 0 Å². The number of allylic oxidation sites excluding steroid dienone is 3. The Kier molecular flexibility index (Phi) is 3.61. The molecule has 0 aliphatic carbocycles. The van der Waals surface area contributed by atoms with Crippen LogP contribution in [0.4, 0.5) is 0 Å². The molecule has 0 saturated carbocycles. The molecule has 1 aliphatic heterocycles. The van der Waals surface area contributed by atoms with Crippen molar-refractivity contribution >= 4 is 27.4 Å². The molecule has 0 spiro atoms. The fraction of sp³-hybridized carbons (Fsp3) is 0.200. The minimum Gasteiger partial charge on any atom is -0.478 e. The Morgan fingerprint density at radius 3 is 2.83 bits per heavy atom. The number of aromatic nitrogens is 1. The average molecular weight is 331 g/mol. The van der Waals surface area contributed by atoms with Crippen molar-refractivity contribution in [3.05, 3.63) is 62.2 Å². The molecule has 0 unspecified atom stereocenters. The quantitative estimate of drug-likeness (QED) is 0.662. The van der Waals surface area contributed by atoms with Crippen molar-refractivity contribution < 1.29 is 14.8 Å². The van der Waals surface area contributed by atoms with Crippen LogP contribution >= 0.6 is 11.3 Å². The summed E-state index contributed by atoms with van der Waals surface area (Å²) in [5, 5.41) is 26.5. The third-order valence-electron chi connectivity index (χ3n) is 3.87. The van der Waals surface area contributed by atoms with Crippen LogP contribution in [0, 0.1) is 10.1 Å². The molecule has 2 N–H and O–H groups in total. The number of rotatable bonds is 3. The number of hydrogen-bond acceptors (Lipinski definition) is 6. The maximum absolute atomic E-state index is 11.7. The number of carbonyl (C=O) groups is 1. The standard InChI is InChI=1S/C15H13N3O4S/c1-7-12(15(19)20)13(14(18(21)22)8(2)17-7)10-6-23-11-3-4-16-5-9(10)11/h3-6,13,17H,1-2H3,(H,19,20)/t13-/m1/s1. The summed E-state index contributed by atoms with van der Waals surface area (Å²) in [5.41, 5.74) is 1.21. The van der Waals surface area contributed by atoms with Crippen LogP contribution in [0.3, 0.4) is 0 Å². The first-order valence-corrected chi connectivity index (χ1v) is 7.67. The van der Waals surface area contributed by atoms with Crippen molar-refractivity contribution in [1.29, 1.82) is 0 Å². The van der Waals surface area contributed by atoms with E-state index >= 15 is 0 Å². The van der Waals surface area contributed by atoms with Crippen molar-refractivity contribution in [3.8, 4) is 0 Å². The summed E-state index contributed by atoms with van der Waals surface area (Å²) < 4.78 is 0.913. The Morgan fingerprint density at radius 1 is 1.43 bits per heavy atom. The van der Waals surface area contributed by atoms with Gasteiger partial charge >= 0.3 is 5.97 Å². The lowest BCUT2D eigenvalue weighted by atomic mass is 9.84. The number of nitro groups is 1. The van der Waals surface area contributed by atoms with Gasteiger partial charge in [-0.2, -0.15) is 0 Å². The lowest BCUT2D eigenvalue weighted by Gasteiger charge is -2.24. The molecule has 2 aromatic heterocycles. The summed E-state index contributed by atoms with van der Waals surface area (Å²) in [5.74, 6) is -2.10. The predicted molar refractivity (Wildman–Crippen MR) is 85.5 cm³/mol. The molecule has 0 radical (unpaired) electrons. The van der Waals surface area contributed by atoms with Crippen LogP contribution in [0.2, 0.25) is 0 Å². The summed E-state index contributed by atoms with van der Waals surface area (Å²) in [6.45, 7) is 3.20. The van der Waals surface area contributed by atoms with Crippen molar-refractivity contribution in [3.63, 3.8) is 0 Å². The Hall–Kier alpha value is -2.74. The molecule has 8 heteroatoms. The fourth-order valence-electron chi connectivity index (χ4n) is 2.93. The lowest BCUT2D eigenvalue weighted by molar-refractivity contribution is -0.431. The first-order chi connectivity index (χ1) is 10.9. The molecule has 23 heavy (non-hydrogen) atoms. The Morgan fingerprint density at radius 2 is 2.17 bits per heavy atom. The van der Waals surface area contributed by atoms with E-state index in [1.807, 2.05) is 6.07 Å². The maximum Gasteiger partial charge on any atom is 0.334 e. The normalized spacial score (nSPS) is 18.3.